The maximum absolute atomic E-state index is 12.2. The number of carbonyl (C=O) groups is 1. The van der Waals surface area contributed by atoms with Crippen molar-refractivity contribution in [2.75, 3.05) is 20.3 Å². The Bertz CT molecular complexity index is 704. The lowest BCUT2D eigenvalue weighted by atomic mass is 10.1. The van der Waals surface area contributed by atoms with Gasteiger partial charge in [-0.05, 0) is 25.8 Å². The van der Waals surface area contributed by atoms with Gasteiger partial charge in [0.2, 0.25) is 5.88 Å². The molecule has 134 valence electrons. The number of esters is 1. The van der Waals surface area contributed by atoms with Crippen LogP contribution in [0.2, 0.25) is 0 Å². The normalized spacial score (nSPS) is 11.7. The number of hydrogen-bond acceptors (Lipinski definition) is 6. The summed E-state index contributed by atoms with van der Waals surface area (Å²) in [6, 6.07) is 11.4. The molecule has 0 amide bonds. The molecule has 0 fully saturated rings. The van der Waals surface area contributed by atoms with Crippen LogP contribution < -0.4 is 15.2 Å². The van der Waals surface area contributed by atoms with E-state index < -0.39 is 5.97 Å². The monoisotopic (exact) mass is 344 g/mol. The molecule has 2 aromatic rings. The van der Waals surface area contributed by atoms with Crippen LogP contribution in [-0.2, 0) is 11.2 Å². The highest BCUT2D eigenvalue weighted by molar-refractivity contribution is 5.95. The highest BCUT2D eigenvalue weighted by atomic mass is 16.5. The number of ether oxygens (including phenoxy) is 3. The molecule has 6 nitrogen and oxygen atoms in total. The number of pyridine rings is 1. The first kappa shape index (κ1) is 18.7. The summed E-state index contributed by atoms with van der Waals surface area (Å²) in [5, 5.41) is 0. The van der Waals surface area contributed by atoms with Crippen LogP contribution in [-0.4, -0.2) is 37.3 Å². The van der Waals surface area contributed by atoms with Crippen molar-refractivity contribution in [2.45, 2.75) is 26.3 Å². The molecular weight excluding hydrogens is 320 g/mol. The average molecular weight is 344 g/mol. The summed E-state index contributed by atoms with van der Waals surface area (Å²) in [4.78, 5) is 16.5. The van der Waals surface area contributed by atoms with E-state index in [0.717, 1.165) is 5.56 Å². The van der Waals surface area contributed by atoms with Crippen LogP contribution in [0.25, 0.3) is 0 Å². The van der Waals surface area contributed by atoms with Crippen molar-refractivity contribution in [1.29, 1.82) is 0 Å². The summed E-state index contributed by atoms with van der Waals surface area (Å²) in [5.74, 6) is 0.0230. The summed E-state index contributed by atoms with van der Waals surface area (Å²) in [7, 11) is 1.45. The summed E-state index contributed by atoms with van der Waals surface area (Å²) < 4.78 is 16.1. The first-order chi connectivity index (χ1) is 12.0. The molecule has 1 heterocycles. The number of benzene rings is 1. The molecule has 1 atom stereocenters. The van der Waals surface area contributed by atoms with Gasteiger partial charge in [-0.25, -0.2) is 9.78 Å². The maximum atomic E-state index is 12.2. The summed E-state index contributed by atoms with van der Waals surface area (Å²) >= 11 is 0. The van der Waals surface area contributed by atoms with Gasteiger partial charge in [-0.15, -0.1) is 0 Å². The van der Waals surface area contributed by atoms with Gasteiger partial charge in [0, 0.05) is 17.8 Å². The van der Waals surface area contributed by atoms with E-state index in [1.165, 1.54) is 7.11 Å². The van der Waals surface area contributed by atoms with E-state index in [4.69, 9.17) is 19.9 Å². The van der Waals surface area contributed by atoms with Crippen molar-refractivity contribution in [3.63, 3.8) is 0 Å². The number of methoxy groups -OCH3 is 1. The van der Waals surface area contributed by atoms with Gasteiger partial charge in [0.1, 0.15) is 12.4 Å². The van der Waals surface area contributed by atoms with E-state index in [9.17, 15) is 4.79 Å². The standard InChI is InChI=1S/C19H24N2O4/c1-4-24-19(22)17-16(10-13(2)21-18(17)23-3)25-12-15(20)11-14-8-6-5-7-9-14/h5-10,15H,4,11-12,20H2,1-3H3. The Hall–Kier alpha value is -2.60. The number of aromatic nitrogens is 1. The van der Waals surface area contributed by atoms with Crippen molar-refractivity contribution < 1.29 is 19.0 Å². The molecule has 0 saturated carbocycles. The van der Waals surface area contributed by atoms with E-state index >= 15 is 0 Å². The quantitative estimate of drug-likeness (QED) is 0.741. The van der Waals surface area contributed by atoms with E-state index in [-0.39, 0.29) is 30.7 Å². The maximum Gasteiger partial charge on any atom is 0.347 e. The third-order valence-corrected chi connectivity index (χ3v) is 3.54. The van der Waals surface area contributed by atoms with Crippen LogP contribution >= 0.6 is 0 Å². The second-order valence-electron chi connectivity index (χ2n) is 5.63. The number of nitrogens with zero attached hydrogens (tertiary/aromatic N) is 1. The molecular formula is C19H24N2O4. The Labute approximate surface area is 147 Å². The number of nitrogens with two attached hydrogens (primary N) is 1. The fourth-order valence-electron chi connectivity index (χ4n) is 2.44. The molecule has 2 N–H and O–H groups in total. The number of rotatable bonds is 8. The van der Waals surface area contributed by atoms with E-state index in [2.05, 4.69) is 4.98 Å². The average Bonchev–Trinajstić information content (AvgIpc) is 2.60. The third kappa shape index (κ3) is 5.19. The minimum Gasteiger partial charge on any atom is -0.491 e. The molecule has 0 aliphatic heterocycles. The Morgan fingerprint density at radius 3 is 2.64 bits per heavy atom. The largest absolute Gasteiger partial charge is 0.491 e. The minimum atomic E-state index is -0.529. The van der Waals surface area contributed by atoms with Gasteiger partial charge in [0.15, 0.2) is 5.56 Å². The number of hydrogen-bond donors (Lipinski definition) is 1. The third-order valence-electron chi connectivity index (χ3n) is 3.54. The molecule has 0 radical (unpaired) electrons. The molecule has 0 saturated heterocycles. The molecule has 6 heteroatoms. The van der Waals surface area contributed by atoms with Crippen molar-refractivity contribution in [3.05, 3.63) is 53.2 Å². The topological polar surface area (TPSA) is 83.7 Å². The van der Waals surface area contributed by atoms with Crippen LogP contribution in [0.15, 0.2) is 36.4 Å². The van der Waals surface area contributed by atoms with Gasteiger partial charge in [0.05, 0.1) is 13.7 Å². The molecule has 1 aromatic carbocycles. The van der Waals surface area contributed by atoms with Crippen LogP contribution in [0.5, 0.6) is 11.6 Å². The van der Waals surface area contributed by atoms with Gasteiger partial charge in [-0.1, -0.05) is 30.3 Å². The van der Waals surface area contributed by atoms with Crippen LogP contribution in [0.4, 0.5) is 0 Å². The van der Waals surface area contributed by atoms with Gasteiger partial charge < -0.3 is 19.9 Å². The van der Waals surface area contributed by atoms with Gasteiger partial charge in [0.25, 0.3) is 0 Å². The lowest BCUT2D eigenvalue weighted by molar-refractivity contribution is 0.0516. The predicted molar refractivity (Wildman–Crippen MR) is 95.1 cm³/mol. The second-order valence-corrected chi connectivity index (χ2v) is 5.63. The highest BCUT2D eigenvalue weighted by Crippen LogP contribution is 2.29. The highest BCUT2D eigenvalue weighted by Gasteiger charge is 2.23. The summed E-state index contributed by atoms with van der Waals surface area (Å²) in [5.41, 5.74) is 8.15. The lowest BCUT2D eigenvalue weighted by Crippen LogP contribution is -2.30. The van der Waals surface area contributed by atoms with Gasteiger partial charge in [-0.2, -0.15) is 0 Å². The van der Waals surface area contributed by atoms with Crippen molar-refractivity contribution in [3.8, 4) is 11.6 Å². The zero-order chi connectivity index (χ0) is 18.2. The predicted octanol–water partition coefficient (Wildman–Crippen LogP) is 2.52. The fraction of sp³-hybridized carbons (Fsp3) is 0.368. The van der Waals surface area contributed by atoms with Crippen LogP contribution in [0, 0.1) is 6.92 Å². The van der Waals surface area contributed by atoms with Gasteiger partial charge >= 0.3 is 5.97 Å². The van der Waals surface area contributed by atoms with Crippen molar-refractivity contribution >= 4 is 5.97 Å². The van der Waals surface area contributed by atoms with Crippen LogP contribution in [0.3, 0.4) is 0 Å². The number of carbonyl (C=O) groups excluding carboxylic acids is 1. The summed E-state index contributed by atoms with van der Waals surface area (Å²) in [6.07, 6.45) is 0.677. The van der Waals surface area contributed by atoms with Crippen LogP contribution in [0.1, 0.15) is 28.5 Å². The first-order valence-electron chi connectivity index (χ1n) is 8.20. The van der Waals surface area contributed by atoms with E-state index in [1.807, 2.05) is 30.3 Å². The Morgan fingerprint density at radius 1 is 1.28 bits per heavy atom. The minimum absolute atomic E-state index is 0.182. The van der Waals surface area contributed by atoms with Crippen molar-refractivity contribution in [1.82, 2.24) is 4.98 Å². The van der Waals surface area contributed by atoms with Crippen molar-refractivity contribution in [2.24, 2.45) is 5.73 Å². The fourth-order valence-corrected chi connectivity index (χ4v) is 2.44. The SMILES string of the molecule is CCOC(=O)c1c(OCC(N)Cc2ccccc2)cc(C)nc1OC. The molecule has 0 aliphatic carbocycles. The molecule has 25 heavy (non-hydrogen) atoms. The Balaban J connectivity index is 2.14. The zero-order valence-electron chi connectivity index (χ0n) is 14.8. The lowest BCUT2D eigenvalue weighted by Gasteiger charge is -2.17. The molecule has 1 aromatic heterocycles. The molecule has 0 aliphatic rings. The first-order valence-corrected chi connectivity index (χ1v) is 8.20. The summed E-state index contributed by atoms with van der Waals surface area (Å²) in [6.45, 7) is 4.05. The zero-order valence-corrected chi connectivity index (χ0v) is 14.8. The Morgan fingerprint density at radius 2 is 2.00 bits per heavy atom. The second kappa shape index (κ2) is 9.03. The van der Waals surface area contributed by atoms with E-state index in [0.29, 0.717) is 17.9 Å². The van der Waals surface area contributed by atoms with Gasteiger partial charge in [-0.3, -0.25) is 0 Å². The smallest absolute Gasteiger partial charge is 0.347 e. The van der Waals surface area contributed by atoms with E-state index in [1.54, 1.807) is 19.9 Å². The molecule has 0 bridgehead atoms. The molecule has 0 spiro atoms. The molecule has 2 rings (SSSR count). The molecule has 1 unspecified atom stereocenters. The Kier molecular flexibility index (Phi) is 6.77. The number of aryl methyl sites for hydroxylation is 1.